The lowest BCUT2D eigenvalue weighted by atomic mass is 10.1. The largest absolute Gasteiger partial charge is 0.487 e. The van der Waals surface area contributed by atoms with E-state index >= 15 is 0 Å². The van der Waals surface area contributed by atoms with Gasteiger partial charge in [0.2, 0.25) is 0 Å². The lowest BCUT2D eigenvalue weighted by Crippen LogP contribution is -2.57. The topological polar surface area (TPSA) is 148 Å². The first-order valence-corrected chi connectivity index (χ1v) is 14.3. The smallest absolute Gasteiger partial charge is 0.410 e. The number of benzene rings is 2. The molecule has 45 heavy (non-hydrogen) atoms. The van der Waals surface area contributed by atoms with Crippen LogP contribution in [0.1, 0.15) is 48.7 Å². The number of carbonyl (C=O) groups is 3. The minimum absolute atomic E-state index is 0.0883. The number of aromatic nitrogens is 2. The van der Waals surface area contributed by atoms with Crippen LogP contribution in [0.5, 0.6) is 5.75 Å². The molecule has 0 atom stereocenters. The Balaban J connectivity index is 0.000000222. The number of esters is 1. The fourth-order valence-corrected chi connectivity index (χ4v) is 4.26. The quantitative estimate of drug-likeness (QED) is 0.252. The highest BCUT2D eigenvalue weighted by Crippen LogP contribution is 2.26. The molecular weight excluding hydrogens is 578 g/mol. The zero-order chi connectivity index (χ0) is 32.6. The number of carboxylic acids is 1. The van der Waals surface area contributed by atoms with E-state index in [0.717, 1.165) is 11.1 Å². The van der Waals surface area contributed by atoms with Gasteiger partial charge >= 0.3 is 18.0 Å². The summed E-state index contributed by atoms with van der Waals surface area (Å²) >= 11 is 0. The molecule has 1 amide bonds. The summed E-state index contributed by atoms with van der Waals surface area (Å²) in [5.41, 5.74) is 2.08. The molecule has 0 spiro atoms. The highest BCUT2D eigenvalue weighted by molar-refractivity contribution is 5.88. The van der Waals surface area contributed by atoms with E-state index in [4.69, 9.17) is 14.2 Å². The number of nitrogens with zero attached hydrogens (tertiary/aromatic N) is 2. The second-order valence-corrected chi connectivity index (χ2v) is 11.1. The zero-order valence-electron chi connectivity index (χ0n) is 25.5. The molecule has 2 N–H and O–H groups in total. The number of nitrogens with one attached hydrogen (secondary N) is 1. The number of aromatic carboxylic acids is 1. The third-order valence-corrected chi connectivity index (χ3v) is 6.31. The molecule has 2 aromatic carbocycles. The molecule has 0 radical (unpaired) electrons. The number of hydrogen-bond acceptors (Lipinski definition) is 8. The summed E-state index contributed by atoms with van der Waals surface area (Å²) in [5, 5.41) is 9.32. The van der Waals surface area contributed by atoms with E-state index < -0.39 is 17.5 Å². The maximum Gasteiger partial charge on any atom is 0.410 e. The van der Waals surface area contributed by atoms with Crippen molar-refractivity contribution in [3.05, 3.63) is 107 Å². The van der Waals surface area contributed by atoms with E-state index in [9.17, 15) is 24.3 Å². The van der Waals surface area contributed by atoms with Crippen molar-refractivity contribution in [3.8, 4) is 28.3 Å². The molecule has 11 nitrogen and oxygen atoms in total. The predicted octanol–water partition coefficient (Wildman–Crippen LogP) is 5.66. The molecule has 11 heteroatoms. The van der Waals surface area contributed by atoms with Crippen molar-refractivity contribution in [1.29, 1.82) is 0 Å². The number of amides is 1. The van der Waals surface area contributed by atoms with Crippen LogP contribution in [-0.4, -0.2) is 69.4 Å². The Morgan fingerprint density at radius 1 is 0.933 bits per heavy atom. The van der Waals surface area contributed by atoms with E-state index in [1.54, 1.807) is 17.9 Å². The average molecular weight is 614 g/mol. The van der Waals surface area contributed by atoms with Crippen LogP contribution in [0.25, 0.3) is 22.5 Å². The van der Waals surface area contributed by atoms with Gasteiger partial charge < -0.3 is 29.2 Å². The van der Waals surface area contributed by atoms with E-state index in [0.29, 0.717) is 30.2 Å². The molecule has 1 saturated heterocycles. The van der Waals surface area contributed by atoms with Gasteiger partial charge in [0, 0.05) is 35.5 Å². The lowest BCUT2D eigenvalue weighted by molar-refractivity contribution is -0.0221. The summed E-state index contributed by atoms with van der Waals surface area (Å²) in [6, 6.07) is 24.4. The maximum atomic E-state index is 12.0. The Kier molecular flexibility index (Phi) is 10.4. The van der Waals surface area contributed by atoms with Crippen molar-refractivity contribution in [3.63, 3.8) is 0 Å². The molecule has 1 fully saturated rings. The Morgan fingerprint density at radius 2 is 1.56 bits per heavy atom. The Hall–Kier alpha value is -5.45. The molecule has 0 saturated carbocycles. The number of pyridine rings is 2. The number of rotatable bonds is 7. The van der Waals surface area contributed by atoms with Gasteiger partial charge in [0.15, 0.2) is 11.1 Å². The van der Waals surface area contributed by atoms with Crippen LogP contribution in [0.2, 0.25) is 0 Å². The molecule has 234 valence electrons. The number of carbonyl (C=O) groups excluding carboxylic acids is 2. The van der Waals surface area contributed by atoms with Crippen molar-refractivity contribution in [2.75, 3.05) is 19.7 Å². The number of likely N-dealkylation sites (tertiary alicyclic amines) is 1. The first-order chi connectivity index (χ1) is 21.4. The highest BCUT2D eigenvalue weighted by Gasteiger charge is 2.35. The van der Waals surface area contributed by atoms with Crippen LogP contribution in [0, 0.1) is 0 Å². The van der Waals surface area contributed by atoms with Gasteiger partial charge in [-0.2, -0.15) is 0 Å². The van der Waals surface area contributed by atoms with Gasteiger partial charge in [-0.15, -0.1) is 0 Å². The molecule has 0 bridgehead atoms. The van der Waals surface area contributed by atoms with Gasteiger partial charge in [-0.1, -0.05) is 60.7 Å². The minimum atomic E-state index is -1.12. The van der Waals surface area contributed by atoms with E-state index in [1.165, 1.54) is 18.2 Å². The molecule has 1 aliphatic rings. The first-order valence-electron chi connectivity index (χ1n) is 14.3. The average Bonchev–Trinajstić information content (AvgIpc) is 2.98. The predicted molar refractivity (Wildman–Crippen MR) is 167 cm³/mol. The van der Waals surface area contributed by atoms with Crippen LogP contribution < -0.4 is 10.2 Å². The number of hydrogen-bond donors (Lipinski definition) is 2. The van der Waals surface area contributed by atoms with Gasteiger partial charge in [-0.3, -0.25) is 4.79 Å². The van der Waals surface area contributed by atoms with Gasteiger partial charge in [0.1, 0.15) is 23.1 Å². The van der Waals surface area contributed by atoms with Crippen molar-refractivity contribution >= 4 is 18.0 Å². The molecule has 4 aromatic rings. The van der Waals surface area contributed by atoms with Crippen LogP contribution >= 0.6 is 0 Å². The summed E-state index contributed by atoms with van der Waals surface area (Å²) in [6.45, 7) is 8.21. The highest BCUT2D eigenvalue weighted by atomic mass is 16.6. The number of H-pyrrole nitrogens is 1. The Bertz CT molecular complexity index is 1690. The van der Waals surface area contributed by atoms with Crippen LogP contribution in [0.4, 0.5) is 4.79 Å². The molecule has 1 aliphatic heterocycles. The van der Waals surface area contributed by atoms with Gasteiger partial charge in [0.05, 0.1) is 25.4 Å². The molecule has 0 unspecified atom stereocenters. The van der Waals surface area contributed by atoms with Crippen LogP contribution in [0.3, 0.4) is 0 Å². The van der Waals surface area contributed by atoms with Crippen molar-refractivity contribution in [1.82, 2.24) is 14.9 Å². The third kappa shape index (κ3) is 9.27. The number of carboxylic acid groups (broad SMARTS) is 1. The summed E-state index contributed by atoms with van der Waals surface area (Å²) in [4.78, 5) is 55.2. The van der Waals surface area contributed by atoms with Crippen molar-refractivity contribution < 1.29 is 33.7 Å². The third-order valence-electron chi connectivity index (χ3n) is 6.31. The second-order valence-electron chi connectivity index (χ2n) is 11.1. The molecule has 2 aromatic heterocycles. The van der Waals surface area contributed by atoms with Crippen LogP contribution in [0.15, 0.2) is 89.7 Å². The second kappa shape index (κ2) is 14.3. The summed E-state index contributed by atoms with van der Waals surface area (Å²) in [5.74, 6) is -1.23. The summed E-state index contributed by atoms with van der Waals surface area (Å²) < 4.78 is 16.0. The SMILES string of the molecule is CC(C)(C)OC(=O)N1CC(Oc2cc(C(=O)O)nc(-c3ccccc3)c2)C1.CCOC(=O)c1cc(=O)cc(-c2ccccc2)[nH]1. The van der Waals surface area contributed by atoms with Crippen molar-refractivity contribution in [2.24, 2.45) is 0 Å². The monoisotopic (exact) mass is 613 g/mol. The first kappa shape index (κ1) is 32.5. The number of ether oxygens (including phenoxy) is 3. The molecular formula is C34H35N3O8. The van der Waals surface area contributed by atoms with E-state index in [1.807, 2.05) is 81.4 Å². The Labute approximate surface area is 260 Å². The van der Waals surface area contributed by atoms with Crippen LogP contribution in [-0.2, 0) is 9.47 Å². The Morgan fingerprint density at radius 3 is 2.13 bits per heavy atom. The van der Waals surface area contributed by atoms with E-state index in [-0.39, 0.29) is 35.6 Å². The molecule has 0 aliphatic carbocycles. The van der Waals surface area contributed by atoms with Gasteiger partial charge in [0.25, 0.3) is 0 Å². The molecule has 3 heterocycles. The summed E-state index contributed by atoms with van der Waals surface area (Å²) in [6.07, 6.45) is -0.599. The fraction of sp³-hybridized carbons (Fsp3) is 0.265. The summed E-state index contributed by atoms with van der Waals surface area (Å²) in [7, 11) is 0. The minimum Gasteiger partial charge on any atom is -0.487 e. The van der Waals surface area contributed by atoms with Gasteiger partial charge in [-0.25, -0.2) is 19.4 Å². The number of aromatic amines is 1. The maximum absolute atomic E-state index is 12.0. The van der Waals surface area contributed by atoms with E-state index in [2.05, 4.69) is 9.97 Å². The zero-order valence-corrected chi connectivity index (χ0v) is 25.5. The normalized spacial score (nSPS) is 12.7. The lowest BCUT2D eigenvalue weighted by Gasteiger charge is -2.39. The fourth-order valence-electron chi connectivity index (χ4n) is 4.26. The molecule has 5 rings (SSSR count). The van der Waals surface area contributed by atoms with Gasteiger partial charge in [-0.05, 0) is 33.3 Å². The standard InChI is InChI=1S/C20H22N2O5.C14H13NO3/c1-20(2,3)27-19(25)22-11-15(12-22)26-14-9-16(13-7-5-4-6-8-13)21-17(10-14)18(23)24;1-2-18-14(17)13-9-11(16)8-12(15-13)10-6-4-3-5-7-10/h4-10,15H,11-12H2,1-3H3,(H,23,24);3-9H,2H2,1H3,(H,15,16). The van der Waals surface area contributed by atoms with Crippen molar-refractivity contribution in [2.45, 2.75) is 39.4 Å².